The number of benzene rings is 2. The van der Waals surface area contributed by atoms with Gasteiger partial charge in [0, 0.05) is 0 Å². The second kappa shape index (κ2) is 6.70. The van der Waals surface area contributed by atoms with E-state index < -0.39 is 8.32 Å². The Labute approximate surface area is 140 Å². The molecule has 2 aromatic rings. The van der Waals surface area contributed by atoms with Crippen molar-refractivity contribution in [3.63, 3.8) is 0 Å². The first-order valence-electron chi connectivity index (χ1n) is 7.96. The van der Waals surface area contributed by atoms with E-state index in [0.29, 0.717) is 12.2 Å². The van der Waals surface area contributed by atoms with Crippen LogP contribution in [0.3, 0.4) is 0 Å². The minimum Gasteiger partial charge on any atom is -0.413 e. The van der Waals surface area contributed by atoms with E-state index in [1.165, 1.54) is 5.56 Å². The molecule has 0 spiro atoms. The fourth-order valence-electron chi connectivity index (χ4n) is 2.04. The number of nitriles is 1. The van der Waals surface area contributed by atoms with Crippen LogP contribution in [0.4, 0.5) is 0 Å². The van der Waals surface area contributed by atoms with Crippen LogP contribution in [0.5, 0.6) is 0 Å². The molecule has 0 aromatic heterocycles. The maximum atomic E-state index is 9.00. The summed E-state index contributed by atoms with van der Waals surface area (Å²) in [5, 5.41) is 9.23. The van der Waals surface area contributed by atoms with Gasteiger partial charge in [-0.15, -0.1) is 0 Å². The van der Waals surface area contributed by atoms with E-state index in [1.807, 2.05) is 24.3 Å². The van der Waals surface area contributed by atoms with Crippen molar-refractivity contribution in [3.8, 4) is 17.2 Å². The zero-order valence-corrected chi connectivity index (χ0v) is 15.7. The summed E-state index contributed by atoms with van der Waals surface area (Å²) in [6.45, 7) is 12.0. The van der Waals surface area contributed by atoms with Crippen LogP contribution in [-0.4, -0.2) is 8.32 Å². The lowest BCUT2D eigenvalue weighted by Crippen LogP contribution is -2.40. The maximum Gasteiger partial charge on any atom is 0.192 e. The van der Waals surface area contributed by atoms with Crippen LogP contribution in [0.25, 0.3) is 11.1 Å². The van der Waals surface area contributed by atoms with E-state index in [9.17, 15) is 0 Å². The van der Waals surface area contributed by atoms with Gasteiger partial charge in [-0.2, -0.15) is 5.26 Å². The third-order valence-electron chi connectivity index (χ3n) is 4.68. The summed E-state index contributed by atoms with van der Waals surface area (Å²) < 4.78 is 6.26. The van der Waals surface area contributed by atoms with E-state index in [0.717, 1.165) is 11.1 Å². The highest BCUT2D eigenvalue weighted by molar-refractivity contribution is 6.74. The fourth-order valence-corrected chi connectivity index (χ4v) is 3.00. The smallest absolute Gasteiger partial charge is 0.192 e. The van der Waals surface area contributed by atoms with Crippen LogP contribution < -0.4 is 0 Å². The molecular weight excluding hydrogens is 298 g/mol. The minimum atomic E-state index is -1.71. The van der Waals surface area contributed by atoms with Crippen LogP contribution in [-0.2, 0) is 11.0 Å². The lowest BCUT2D eigenvalue weighted by Gasteiger charge is -2.36. The Morgan fingerprint density at radius 1 is 1.00 bits per heavy atom. The van der Waals surface area contributed by atoms with Gasteiger partial charge in [-0.25, -0.2) is 0 Å². The monoisotopic (exact) mass is 323 g/mol. The van der Waals surface area contributed by atoms with Gasteiger partial charge in [0.25, 0.3) is 0 Å². The van der Waals surface area contributed by atoms with Gasteiger partial charge >= 0.3 is 0 Å². The Morgan fingerprint density at radius 2 is 1.65 bits per heavy atom. The van der Waals surface area contributed by atoms with Crippen molar-refractivity contribution in [2.75, 3.05) is 0 Å². The Kier molecular flexibility index (Phi) is 5.08. The summed E-state index contributed by atoms with van der Waals surface area (Å²) in [6, 6.07) is 18.3. The molecule has 0 N–H and O–H groups in total. The normalized spacial score (nSPS) is 12.0. The summed E-state index contributed by atoms with van der Waals surface area (Å²) in [4.78, 5) is 0. The minimum absolute atomic E-state index is 0.227. The highest BCUT2D eigenvalue weighted by Crippen LogP contribution is 2.37. The molecule has 2 aromatic carbocycles. The van der Waals surface area contributed by atoms with E-state index in [1.54, 1.807) is 0 Å². The van der Waals surface area contributed by atoms with Crippen molar-refractivity contribution in [1.29, 1.82) is 5.26 Å². The molecule has 2 rings (SSSR count). The van der Waals surface area contributed by atoms with Crippen LogP contribution in [0.1, 0.15) is 31.9 Å². The van der Waals surface area contributed by atoms with Gasteiger partial charge in [-0.3, -0.25) is 0 Å². The fraction of sp³-hybridized carbons (Fsp3) is 0.350. The molecule has 3 heteroatoms. The number of hydrogen-bond donors (Lipinski definition) is 0. The van der Waals surface area contributed by atoms with E-state index in [2.05, 4.69) is 64.2 Å². The molecule has 0 saturated heterocycles. The Balaban J connectivity index is 2.10. The summed E-state index contributed by atoms with van der Waals surface area (Å²) in [5.41, 5.74) is 4.07. The van der Waals surface area contributed by atoms with Crippen molar-refractivity contribution in [1.82, 2.24) is 0 Å². The number of hydrogen-bond acceptors (Lipinski definition) is 2. The molecule has 23 heavy (non-hydrogen) atoms. The standard InChI is InChI=1S/C20H25NOSi/c1-20(2,3)23(4,5)22-15-16-9-11-18(12-10-16)19-8-6-7-17(13-19)14-21/h6-13H,15H2,1-5H3. The first-order chi connectivity index (χ1) is 10.7. The molecule has 0 fully saturated rings. The van der Waals surface area contributed by atoms with Gasteiger partial charge in [0.2, 0.25) is 0 Å². The quantitative estimate of drug-likeness (QED) is 0.671. The number of rotatable bonds is 4. The molecule has 0 aliphatic rings. The second-order valence-electron chi connectivity index (χ2n) is 7.44. The molecule has 120 valence electrons. The van der Waals surface area contributed by atoms with Gasteiger partial charge in [0.1, 0.15) is 0 Å². The average molecular weight is 324 g/mol. The van der Waals surface area contributed by atoms with Gasteiger partial charge < -0.3 is 4.43 Å². The first kappa shape index (κ1) is 17.5. The zero-order valence-electron chi connectivity index (χ0n) is 14.7. The largest absolute Gasteiger partial charge is 0.413 e. The predicted octanol–water partition coefficient (Wildman–Crippen LogP) is 5.75. The van der Waals surface area contributed by atoms with Gasteiger partial charge in [-0.05, 0) is 47.0 Å². The Hall–Kier alpha value is -1.89. The summed E-state index contributed by atoms with van der Waals surface area (Å²) in [6.07, 6.45) is 0. The molecule has 2 nitrogen and oxygen atoms in total. The van der Waals surface area contributed by atoms with Crippen LogP contribution in [0, 0.1) is 11.3 Å². The van der Waals surface area contributed by atoms with Crippen molar-refractivity contribution < 1.29 is 4.43 Å². The summed E-state index contributed by atoms with van der Waals surface area (Å²) in [7, 11) is -1.71. The molecule has 0 saturated carbocycles. The Morgan fingerprint density at radius 3 is 2.22 bits per heavy atom. The molecule has 0 heterocycles. The second-order valence-corrected chi connectivity index (χ2v) is 12.2. The third kappa shape index (κ3) is 4.31. The summed E-state index contributed by atoms with van der Waals surface area (Å²) >= 11 is 0. The number of nitrogens with zero attached hydrogens (tertiary/aromatic N) is 1. The molecule has 0 aliphatic carbocycles. The van der Waals surface area contributed by atoms with Crippen molar-refractivity contribution >= 4 is 8.32 Å². The lowest BCUT2D eigenvalue weighted by molar-refractivity contribution is 0.276. The molecular formula is C20H25NOSi. The van der Waals surface area contributed by atoms with Crippen molar-refractivity contribution in [2.45, 2.75) is 45.5 Å². The van der Waals surface area contributed by atoms with E-state index in [-0.39, 0.29) is 5.04 Å². The molecule has 0 bridgehead atoms. The zero-order chi connectivity index (χ0) is 17.1. The third-order valence-corrected chi connectivity index (χ3v) is 9.16. The average Bonchev–Trinajstić information content (AvgIpc) is 2.52. The highest BCUT2D eigenvalue weighted by Gasteiger charge is 2.36. The Bertz CT molecular complexity index is 706. The first-order valence-corrected chi connectivity index (χ1v) is 10.9. The maximum absolute atomic E-state index is 9.00. The predicted molar refractivity (Wildman–Crippen MR) is 98.6 cm³/mol. The van der Waals surface area contributed by atoms with E-state index in [4.69, 9.17) is 9.69 Å². The molecule has 0 amide bonds. The molecule has 0 aliphatic heterocycles. The molecule has 0 unspecified atom stereocenters. The topological polar surface area (TPSA) is 33.0 Å². The van der Waals surface area contributed by atoms with Crippen LogP contribution in [0.2, 0.25) is 18.1 Å². The van der Waals surface area contributed by atoms with Crippen LogP contribution in [0.15, 0.2) is 48.5 Å². The van der Waals surface area contributed by atoms with Gasteiger partial charge in [-0.1, -0.05) is 57.2 Å². The molecule has 0 radical (unpaired) electrons. The summed E-state index contributed by atoms with van der Waals surface area (Å²) in [5.74, 6) is 0. The SMILES string of the molecule is CC(C)(C)[Si](C)(C)OCc1ccc(-c2cccc(C#N)c2)cc1. The van der Waals surface area contributed by atoms with E-state index >= 15 is 0 Å². The van der Waals surface area contributed by atoms with Crippen molar-refractivity contribution in [3.05, 3.63) is 59.7 Å². The highest BCUT2D eigenvalue weighted by atomic mass is 28.4. The van der Waals surface area contributed by atoms with Gasteiger partial charge in [0.05, 0.1) is 18.2 Å². The van der Waals surface area contributed by atoms with Crippen molar-refractivity contribution in [2.24, 2.45) is 0 Å². The molecule has 0 atom stereocenters. The van der Waals surface area contributed by atoms with Crippen LogP contribution >= 0.6 is 0 Å². The lowest BCUT2D eigenvalue weighted by atomic mass is 10.0. The van der Waals surface area contributed by atoms with Gasteiger partial charge in [0.15, 0.2) is 8.32 Å².